The van der Waals surface area contributed by atoms with Gasteiger partial charge in [0.1, 0.15) is 5.82 Å². The van der Waals surface area contributed by atoms with Crippen molar-refractivity contribution in [1.29, 1.82) is 0 Å². The van der Waals surface area contributed by atoms with Gasteiger partial charge in [-0.1, -0.05) is 6.92 Å². The Morgan fingerprint density at radius 2 is 2.43 bits per heavy atom. The van der Waals surface area contributed by atoms with Crippen molar-refractivity contribution in [3.8, 4) is 0 Å². The van der Waals surface area contributed by atoms with Gasteiger partial charge in [-0.15, -0.1) is 0 Å². The lowest BCUT2D eigenvalue weighted by Crippen LogP contribution is -2.24. The van der Waals surface area contributed by atoms with Crippen molar-refractivity contribution in [2.45, 2.75) is 19.4 Å². The molecule has 0 aliphatic carbocycles. The summed E-state index contributed by atoms with van der Waals surface area (Å²) >= 11 is 0. The molecule has 1 rings (SSSR count). The molecule has 0 radical (unpaired) electrons. The molecule has 4 heteroatoms. The third-order valence-electron chi connectivity index (χ3n) is 2.15. The van der Waals surface area contributed by atoms with Crippen molar-refractivity contribution in [3.63, 3.8) is 0 Å². The maximum atomic E-state index is 5.50. The molecule has 14 heavy (non-hydrogen) atoms. The molecule has 0 aliphatic heterocycles. The number of aromatic nitrogens is 2. The first-order valence-corrected chi connectivity index (χ1v) is 5.01. The van der Waals surface area contributed by atoms with E-state index in [1.807, 2.05) is 24.9 Å². The van der Waals surface area contributed by atoms with E-state index >= 15 is 0 Å². The van der Waals surface area contributed by atoms with E-state index in [9.17, 15) is 0 Å². The first-order chi connectivity index (χ1) is 6.79. The highest BCUT2D eigenvalue weighted by Gasteiger charge is 2.13. The minimum absolute atomic E-state index is 0.182. The number of likely N-dealkylation sites (N-methyl/N-ethyl adjacent to an activating group) is 1. The van der Waals surface area contributed by atoms with Crippen LogP contribution in [0.25, 0.3) is 0 Å². The molecule has 1 aromatic heterocycles. The van der Waals surface area contributed by atoms with E-state index in [1.54, 1.807) is 6.20 Å². The summed E-state index contributed by atoms with van der Waals surface area (Å²) in [6, 6.07) is 0.182. The summed E-state index contributed by atoms with van der Waals surface area (Å²) in [5.74, 6) is 1.02. The van der Waals surface area contributed by atoms with Crippen LogP contribution >= 0.6 is 0 Å². The molecule has 80 valence electrons. The van der Waals surface area contributed by atoms with Crippen LogP contribution in [0, 0.1) is 0 Å². The molecule has 0 fully saturated rings. The molecule has 0 bridgehead atoms. The quantitative estimate of drug-likeness (QED) is 0.694. The SMILES string of the molecule is CCCOCC(NC)c1nccn1C. The lowest BCUT2D eigenvalue weighted by molar-refractivity contribution is 0.111. The first kappa shape index (κ1) is 11.2. The molecule has 0 aliphatic rings. The number of nitrogens with one attached hydrogen (secondary N) is 1. The van der Waals surface area contributed by atoms with E-state index in [0.717, 1.165) is 18.9 Å². The minimum Gasteiger partial charge on any atom is -0.379 e. The standard InChI is InChI=1S/C10H19N3O/c1-4-7-14-8-9(11-2)10-12-5-6-13(10)3/h5-6,9,11H,4,7-8H2,1-3H3. The third-order valence-corrected chi connectivity index (χ3v) is 2.15. The van der Waals surface area contributed by atoms with Crippen LogP contribution in [0.4, 0.5) is 0 Å². The Kier molecular flexibility index (Phi) is 4.62. The number of aryl methyl sites for hydroxylation is 1. The summed E-state index contributed by atoms with van der Waals surface area (Å²) in [6.45, 7) is 3.59. The molecule has 0 saturated heterocycles. The average molecular weight is 197 g/mol. The van der Waals surface area contributed by atoms with Crippen LogP contribution in [0.5, 0.6) is 0 Å². The highest BCUT2D eigenvalue weighted by molar-refractivity contribution is 4.98. The Balaban J connectivity index is 2.50. The Labute approximate surface area is 85.3 Å². The summed E-state index contributed by atoms with van der Waals surface area (Å²) in [6.07, 6.45) is 4.80. The van der Waals surface area contributed by atoms with Crippen molar-refractivity contribution < 1.29 is 4.74 Å². The maximum absolute atomic E-state index is 5.50. The number of nitrogens with zero attached hydrogens (tertiary/aromatic N) is 2. The number of hydrogen-bond acceptors (Lipinski definition) is 3. The Morgan fingerprint density at radius 3 is 2.93 bits per heavy atom. The van der Waals surface area contributed by atoms with Crippen molar-refractivity contribution in [3.05, 3.63) is 18.2 Å². The number of hydrogen-bond donors (Lipinski definition) is 1. The van der Waals surface area contributed by atoms with Gasteiger partial charge in [-0.05, 0) is 13.5 Å². The van der Waals surface area contributed by atoms with Crippen LogP contribution in [0.2, 0.25) is 0 Å². The Morgan fingerprint density at radius 1 is 1.64 bits per heavy atom. The fraction of sp³-hybridized carbons (Fsp3) is 0.700. The molecular weight excluding hydrogens is 178 g/mol. The largest absolute Gasteiger partial charge is 0.379 e. The van der Waals surface area contributed by atoms with Crippen molar-refractivity contribution in [2.24, 2.45) is 7.05 Å². The number of imidazole rings is 1. The highest BCUT2D eigenvalue weighted by Crippen LogP contribution is 2.09. The fourth-order valence-electron chi connectivity index (χ4n) is 1.35. The number of rotatable bonds is 6. The van der Waals surface area contributed by atoms with E-state index in [4.69, 9.17) is 4.74 Å². The molecule has 0 amide bonds. The van der Waals surface area contributed by atoms with Gasteiger partial charge in [0.05, 0.1) is 12.6 Å². The molecular formula is C10H19N3O. The van der Waals surface area contributed by atoms with Crippen LogP contribution in [-0.2, 0) is 11.8 Å². The second-order valence-corrected chi connectivity index (χ2v) is 3.31. The van der Waals surface area contributed by atoms with Crippen LogP contribution in [0.1, 0.15) is 25.2 Å². The summed E-state index contributed by atoms with van der Waals surface area (Å²) in [5.41, 5.74) is 0. The summed E-state index contributed by atoms with van der Waals surface area (Å²) in [5, 5.41) is 3.20. The van der Waals surface area contributed by atoms with E-state index in [1.165, 1.54) is 0 Å². The lowest BCUT2D eigenvalue weighted by Gasteiger charge is -2.15. The van der Waals surface area contributed by atoms with Gasteiger partial charge in [0.15, 0.2) is 0 Å². The zero-order valence-corrected chi connectivity index (χ0v) is 9.16. The predicted molar refractivity (Wildman–Crippen MR) is 56.1 cm³/mol. The van der Waals surface area contributed by atoms with Crippen LogP contribution in [0.3, 0.4) is 0 Å². The van der Waals surface area contributed by atoms with Gasteiger partial charge in [0.2, 0.25) is 0 Å². The van der Waals surface area contributed by atoms with E-state index < -0.39 is 0 Å². The van der Waals surface area contributed by atoms with Gasteiger partial charge >= 0.3 is 0 Å². The summed E-state index contributed by atoms with van der Waals surface area (Å²) in [7, 11) is 3.92. The van der Waals surface area contributed by atoms with Gasteiger partial charge in [-0.3, -0.25) is 0 Å². The molecule has 1 atom stereocenters. The van der Waals surface area contributed by atoms with Gasteiger partial charge < -0.3 is 14.6 Å². The lowest BCUT2D eigenvalue weighted by atomic mass is 10.3. The monoisotopic (exact) mass is 197 g/mol. The Hall–Kier alpha value is -0.870. The van der Waals surface area contributed by atoms with Crippen molar-refractivity contribution in [1.82, 2.24) is 14.9 Å². The van der Waals surface area contributed by atoms with E-state index in [-0.39, 0.29) is 6.04 Å². The molecule has 1 N–H and O–H groups in total. The summed E-state index contributed by atoms with van der Waals surface area (Å²) in [4.78, 5) is 4.29. The summed E-state index contributed by atoms with van der Waals surface area (Å²) < 4.78 is 7.51. The van der Waals surface area contributed by atoms with Gasteiger partial charge in [-0.2, -0.15) is 0 Å². The molecule has 0 saturated carbocycles. The van der Waals surface area contributed by atoms with Crippen molar-refractivity contribution in [2.75, 3.05) is 20.3 Å². The van der Waals surface area contributed by atoms with Crippen molar-refractivity contribution >= 4 is 0 Å². The van der Waals surface area contributed by atoms with Crippen LogP contribution in [-0.4, -0.2) is 29.8 Å². The van der Waals surface area contributed by atoms with Gasteiger partial charge in [0.25, 0.3) is 0 Å². The smallest absolute Gasteiger partial charge is 0.127 e. The zero-order valence-electron chi connectivity index (χ0n) is 9.16. The molecule has 1 aromatic rings. The van der Waals surface area contributed by atoms with E-state index in [2.05, 4.69) is 17.2 Å². The maximum Gasteiger partial charge on any atom is 0.127 e. The fourth-order valence-corrected chi connectivity index (χ4v) is 1.35. The molecule has 4 nitrogen and oxygen atoms in total. The van der Waals surface area contributed by atoms with Gasteiger partial charge in [-0.25, -0.2) is 4.98 Å². The predicted octanol–water partition coefficient (Wildman–Crippen LogP) is 1.11. The molecule has 1 heterocycles. The Bertz CT molecular complexity index is 260. The molecule has 0 aromatic carbocycles. The third kappa shape index (κ3) is 2.82. The first-order valence-electron chi connectivity index (χ1n) is 5.01. The molecule has 1 unspecified atom stereocenters. The number of ether oxygens (including phenoxy) is 1. The second kappa shape index (κ2) is 5.78. The zero-order chi connectivity index (χ0) is 10.4. The van der Waals surface area contributed by atoms with Gasteiger partial charge in [0, 0.05) is 26.0 Å². The van der Waals surface area contributed by atoms with E-state index in [0.29, 0.717) is 6.61 Å². The van der Waals surface area contributed by atoms with Crippen LogP contribution in [0.15, 0.2) is 12.4 Å². The normalized spacial score (nSPS) is 13.1. The minimum atomic E-state index is 0.182. The topological polar surface area (TPSA) is 39.1 Å². The second-order valence-electron chi connectivity index (χ2n) is 3.31. The average Bonchev–Trinajstić information content (AvgIpc) is 2.60. The highest BCUT2D eigenvalue weighted by atomic mass is 16.5. The molecule has 0 spiro atoms. The van der Waals surface area contributed by atoms with Crippen LogP contribution < -0.4 is 5.32 Å².